The molecule has 10 heteroatoms. The lowest BCUT2D eigenvalue weighted by Gasteiger charge is -2.30. The van der Waals surface area contributed by atoms with E-state index in [1.165, 1.54) is 154 Å². The fraction of sp³-hybridized carbons (Fsp3) is 0.753. The minimum Gasteiger partial charge on any atom is -0.756 e. The summed E-state index contributed by atoms with van der Waals surface area (Å²) in [6.07, 6.45) is 83.7. The fourth-order valence-corrected chi connectivity index (χ4v) is 10.4. The van der Waals surface area contributed by atoms with Crippen LogP contribution in [0.4, 0.5) is 0 Å². The van der Waals surface area contributed by atoms with E-state index in [2.05, 4.69) is 111 Å². The Morgan fingerprint density at radius 3 is 1.12 bits per heavy atom. The Morgan fingerprint density at radius 2 is 0.735 bits per heavy atom. The van der Waals surface area contributed by atoms with Gasteiger partial charge < -0.3 is 28.5 Å². The number of phosphoric ester groups is 1. The molecule has 0 aliphatic rings. The summed E-state index contributed by atoms with van der Waals surface area (Å²) in [5, 5.41) is 3.03. The second-order valence-electron chi connectivity index (χ2n) is 24.3. The minimum atomic E-state index is -4.71. The normalized spacial score (nSPS) is 14.2. The second kappa shape index (κ2) is 62.0. The van der Waals surface area contributed by atoms with Crippen LogP contribution in [-0.2, 0) is 27.9 Å². The number of carbonyl (C=O) groups excluding carboxylic acids is 2. The summed E-state index contributed by atoms with van der Waals surface area (Å²) in [6.45, 7) is 6.79. The van der Waals surface area contributed by atoms with Crippen LogP contribution < -0.4 is 10.2 Å². The van der Waals surface area contributed by atoms with Crippen LogP contribution in [0.5, 0.6) is 0 Å². The highest BCUT2D eigenvalue weighted by atomic mass is 31.2. The number of allylic oxidation sites excluding steroid dienone is 15. The maximum absolute atomic E-state index is 13.6. The van der Waals surface area contributed by atoms with Crippen molar-refractivity contribution < 1.29 is 37.3 Å². The van der Waals surface area contributed by atoms with Gasteiger partial charge in [-0.1, -0.05) is 272 Å². The average Bonchev–Trinajstić information content (AvgIpc) is 3.46. The molecule has 0 rings (SSSR count). The van der Waals surface area contributed by atoms with Gasteiger partial charge in [-0.15, -0.1) is 0 Å². The molecule has 480 valence electrons. The summed E-state index contributed by atoms with van der Waals surface area (Å²) in [7, 11) is 1.17. The molecule has 1 amide bonds. The van der Waals surface area contributed by atoms with Crippen LogP contribution in [0.2, 0.25) is 0 Å². The van der Waals surface area contributed by atoms with E-state index >= 15 is 0 Å². The Morgan fingerprint density at radius 1 is 0.422 bits per heavy atom. The van der Waals surface area contributed by atoms with Gasteiger partial charge in [0.2, 0.25) is 5.91 Å². The molecule has 0 radical (unpaired) electrons. The van der Waals surface area contributed by atoms with Crippen molar-refractivity contribution in [3.63, 3.8) is 0 Å². The molecular weight excluding hydrogens is 1050 g/mol. The lowest BCUT2D eigenvalue weighted by molar-refractivity contribution is -0.870. The van der Waals surface area contributed by atoms with Crippen molar-refractivity contribution in [2.45, 2.75) is 315 Å². The SMILES string of the molecule is CCCCC/C=C\C/C=C\C/C=C\C/C=C\CCCCCCCCCC(=O)NC(COP(=O)([O-])OCC[N+](C)(C)C)C(/C=C/CCCCCCCCCCCCC)OC(=O)CCCCCCCCCC/C=C\C/C=C\C/C=C\CCCCC. The molecule has 0 aromatic heterocycles. The number of hydrogen-bond acceptors (Lipinski definition) is 7. The number of likely N-dealkylation sites (N-methyl/N-ethyl adjacent to an activating group) is 1. The lowest BCUT2D eigenvalue weighted by Crippen LogP contribution is -2.47. The average molecular weight is 1180 g/mol. The summed E-state index contributed by atoms with van der Waals surface area (Å²) in [5.41, 5.74) is 0. The highest BCUT2D eigenvalue weighted by molar-refractivity contribution is 7.45. The molecule has 0 spiro atoms. The number of carbonyl (C=O) groups is 2. The van der Waals surface area contributed by atoms with Gasteiger partial charge in [0.25, 0.3) is 7.82 Å². The number of nitrogens with zero attached hydrogens (tertiary/aromatic N) is 1. The van der Waals surface area contributed by atoms with Gasteiger partial charge >= 0.3 is 5.97 Å². The molecule has 0 aromatic carbocycles. The highest BCUT2D eigenvalue weighted by Gasteiger charge is 2.27. The van der Waals surface area contributed by atoms with Gasteiger partial charge in [0.1, 0.15) is 19.3 Å². The molecule has 0 aliphatic heterocycles. The maximum Gasteiger partial charge on any atom is 0.306 e. The quantitative estimate of drug-likeness (QED) is 0.0212. The number of esters is 1. The summed E-state index contributed by atoms with van der Waals surface area (Å²) >= 11 is 0. The molecular formula is C73H131N2O7P. The third-order valence-electron chi connectivity index (χ3n) is 15.0. The van der Waals surface area contributed by atoms with Gasteiger partial charge in [-0.05, 0) is 115 Å². The monoisotopic (exact) mass is 1180 g/mol. The van der Waals surface area contributed by atoms with Gasteiger partial charge in [-0.3, -0.25) is 14.2 Å². The summed E-state index contributed by atoms with van der Waals surface area (Å²) in [5.74, 6) is -0.559. The van der Waals surface area contributed by atoms with Crippen LogP contribution in [0, 0.1) is 0 Å². The molecule has 0 saturated carbocycles. The van der Waals surface area contributed by atoms with Crippen LogP contribution >= 0.6 is 7.82 Å². The highest BCUT2D eigenvalue weighted by Crippen LogP contribution is 2.38. The summed E-state index contributed by atoms with van der Waals surface area (Å²) in [4.78, 5) is 40.2. The van der Waals surface area contributed by atoms with Crippen molar-refractivity contribution in [1.82, 2.24) is 5.32 Å². The number of rotatable bonds is 62. The van der Waals surface area contributed by atoms with Crippen molar-refractivity contribution in [2.75, 3.05) is 40.9 Å². The third kappa shape index (κ3) is 63.3. The van der Waals surface area contributed by atoms with Gasteiger partial charge in [-0.25, -0.2) is 0 Å². The number of phosphoric acid groups is 1. The van der Waals surface area contributed by atoms with E-state index in [4.69, 9.17) is 13.8 Å². The first-order valence-electron chi connectivity index (χ1n) is 34.5. The molecule has 9 nitrogen and oxygen atoms in total. The summed E-state index contributed by atoms with van der Waals surface area (Å²) < 4.78 is 30.4. The first-order valence-corrected chi connectivity index (χ1v) is 36.0. The molecule has 0 aliphatic carbocycles. The molecule has 0 aromatic rings. The van der Waals surface area contributed by atoms with Gasteiger partial charge in [0.15, 0.2) is 0 Å². The first kappa shape index (κ1) is 79.9. The van der Waals surface area contributed by atoms with E-state index < -0.39 is 26.6 Å². The van der Waals surface area contributed by atoms with Crippen LogP contribution in [0.25, 0.3) is 0 Å². The van der Waals surface area contributed by atoms with Gasteiger partial charge in [0.05, 0.1) is 33.8 Å². The first-order chi connectivity index (χ1) is 40.4. The second-order valence-corrected chi connectivity index (χ2v) is 25.7. The Kier molecular flexibility index (Phi) is 59.7. The number of nitrogens with one attached hydrogen (secondary N) is 1. The molecule has 0 heterocycles. The predicted octanol–water partition coefficient (Wildman–Crippen LogP) is 21.3. The van der Waals surface area contributed by atoms with Crippen molar-refractivity contribution in [1.29, 1.82) is 0 Å². The van der Waals surface area contributed by atoms with E-state index in [0.29, 0.717) is 17.4 Å². The maximum atomic E-state index is 13.6. The van der Waals surface area contributed by atoms with Crippen molar-refractivity contribution >= 4 is 19.7 Å². The molecule has 0 saturated heterocycles. The van der Waals surface area contributed by atoms with Crippen molar-refractivity contribution in [3.8, 4) is 0 Å². The Bertz CT molecular complexity index is 1740. The lowest BCUT2D eigenvalue weighted by atomic mass is 10.0. The minimum absolute atomic E-state index is 0.0300. The number of hydrogen-bond donors (Lipinski definition) is 1. The summed E-state index contributed by atoms with van der Waals surface area (Å²) in [6, 6.07) is -0.904. The zero-order valence-electron chi connectivity index (χ0n) is 54.9. The van der Waals surface area contributed by atoms with Gasteiger partial charge in [0, 0.05) is 12.8 Å². The molecule has 3 atom stereocenters. The number of ether oxygens (including phenoxy) is 1. The van der Waals surface area contributed by atoms with Crippen LogP contribution in [-0.4, -0.2) is 69.4 Å². The smallest absolute Gasteiger partial charge is 0.306 e. The van der Waals surface area contributed by atoms with Crippen LogP contribution in [0.1, 0.15) is 303 Å². The van der Waals surface area contributed by atoms with Crippen LogP contribution in [0.3, 0.4) is 0 Å². The van der Waals surface area contributed by atoms with Gasteiger partial charge in [-0.2, -0.15) is 0 Å². The topological polar surface area (TPSA) is 114 Å². The molecule has 0 bridgehead atoms. The molecule has 1 N–H and O–H groups in total. The molecule has 3 unspecified atom stereocenters. The van der Waals surface area contributed by atoms with E-state index in [-0.39, 0.29) is 24.9 Å². The Labute approximate surface area is 513 Å². The number of quaternary nitrogens is 1. The van der Waals surface area contributed by atoms with E-state index in [1.807, 2.05) is 33.3 Å². The molecule has 0 fully saturated rings. The van der Waals surface area contributed by atoms with Crippen molar-refractivity contribution in [2.24, 2.45) is 0 Å². The van der Waals surface area contributed by atoms with E-state index in [9.17, 15) is 19.0 Å². The Balaban J connectivity index is 5.21. The fourth-order valence-electron chi connectivity index (χ4n) is 9.63. The largest absolute Gasteiger partial charge is 0.756 e. The number of amides is 1. The van der Waals surface area contributed by atoms with E-state index in [1.54, 1.807) is 0 Å². The zero-order valence-corrected chi connectivity index (χ0v) is 55.8. The molecule has 83 heavy (non-hydrogen) atoms. The predicted molar refractivity (Wildman–Crippen MR) is 358 cm³/mol. The van der Waals surface area contributed by atoms with Crippen LogP contribution in [0.15, 0.2) is 97.2 Å². The van der Waals surface area contributed by atoms with Crippen molar-refractivity contribution in [3.05, 3.63) is 97.2 Å². The number of unbranched alkanes of at least 4 members (excludes halogenated alkanes) is 32. The van der Waals surface area contributed by atoms with E-state index in [0.717, 1.165) is 116 Å². The third-order valence-corrected chi connectivity index (χ3v) is 16.0. The zero-order chi connectivity index (χ0) is 60.7. The Hall–Kier alpha value is -3.07. The standard InChI is InChI=1S/C73H131N2O7P/c1-7-10-13-16-19-22-25-28-30-32-34-36-37-39-40-42-44-47-50-53-56-59-62-65-72(76)74-70(69-81-83(78,79)80-68-67-75(4,5)6)71(64-61-58-55-52-49-46-27-24-21-18-15-12-9-3)82-73(77)66-63-60-57-54-51-48-45-43-41-38-35-33-31-29-26-23-20-17-14-11-8-2/h19-20,22-23,28-31,34-36,38-40,61,64,70-71H,7-18,21,24-27,32-33,37,41-60,62-63,65-69H2,1-6H3,(H-,74,76,78,79)/b22-19-,23-20-,30-28-,31-29-,36-34-,38-35-,40-39-,64-61+.